The van der Waals surface area contributed by atoms with Crippen molar-refractivity contribution in [3.8, 4) is 5.75 Å². The molecule has 0 saturated carbocycles. The van der Waals surface area contributed by atoms with Gasteiger partial charge in [0.15, 0.2) is 0 Å². The molecule has 2 aliphatic rings. The van der Waals surface area contributed by atoms with Crippen LogP contribution in [-0.4, -0.2) is 71.7 Å². The van der Waals surface area contributed by atoms with E-state index in [1.807, 2.05) is 29.2 Å². The van der Waals surface area contributed by atoms with Crippen LogP contribution < -0.4 is 4.74 Å². The average molecular weight is 522 g/mol. The smallest absolute Gasteiger partial charge is 0.490 e. The number of carbonyl (C=O) groups excluding carboxylic acids is 2. The molecule has 2 aliphatic heterocycles. The van der Waals surface area contributed by atoms with Crippen LogP contribution in [0.3, 0.4) is 0 Å². The highest BCUT2D eigenvalue weighted by Gasteiger charge is 2.51. The van der Waals surface area contributed by atoms with E-state index in [1.165, 1.54) is 0 Å². The summed E-state index contributed by atoms with van der Waals surface area (Å²) in [7, 11) is 0. The second-order valence-corrected chi connectivity index (χ2v) is 10.4. The number of nitrogens with zero attached hydrogens (tertiary/aromatic N) is 2. The van der Waals surface area contributed by atoms with Gasteiger partial charge in [-0.2, -0.15) is 13.2 Å². The number of nitrogens with one attached hydrogen (secondary N) is 1. The maximum atomic E-state index is 13.2. The molecule has 10 heteroatoms. The van der Waals surface area contributed by atoms with Gasteiger partial charge in [0, 0.05) is 49.6 Å². The predicted molar refractivity (Wildman–Crippen MR) is 131 cm³/mol. The number of aromatic nitrogens is 1. The topological polar surface area (TPSA) is 74.9 Å². The predicted octanol–water partition coefficient (Wildman–Crippen LogP) is 4.65. The zero-order chi connectivity index (χ0) is 26.6. The van der Waals surface area contributed by atoms with Crippen molar-refractivity contribution in [1.29, 1.82) is 0 Å². The fourth-order valence-corrected chi connectivity index (χ4v) is 5.20. The molecule has 2 fully saturated rings. The van der Waals surface area contributed by atoms with Crippen LogP contribution in [0.1, 0.15) is 49.0 Å². The van der Waals surface area contributed by atoms with Gasteiger partial charge in [-0.05, 0) is 43.9 Å². The third kappa shape index (κ3) is 6.47. The molecule has 2 saturated heterocycles. The quantitative estimate of drug-likeness (QED) is 0.537. The van der Waals surface area contributed by atoms with E-state index >= 15 is 0 Å². The molecule has 1 atom stereocenters. The van der Waals surface area contributed by atoms with Crippen molar-refractivity contribution in [1.82, 2.24) is 14.8 Å². The Morgan fingerprint density at radius 2 is 1.81 bits per heavy atom. The number of ether oxygens (including phenoxy) is 2. The number of hydrogen-bond acceptors (Lipinski definition) is 5. The van der Waals surface area contributed by atoms with Crippen LogP contribution in [0.2, 0.25) is 0 Å². The lowest BCUT2D eigenvalue weighted by molar-refractivity contribution is -0.216. The Labute approximate surface area is 214 Å². The molecule has 0 aliphatic carbocycles. The first-order valence-corrected chi connectivity index (χ1v) is 12.7. The van der Waals surface area contributed by atoms with E-state index in [0.717, 1.165) is 11.3 Å². The fourth-order valence-electron chi connectivity index (χ4n) is 5.20. The summed E-state index contributed by atoms with van der Waals surface area (Å²) in [5.41, 5.74) is 0.871. The number of alkyl halides is 3. The molecular formula is C27H34F3N3O4. The fraction of sp³-hybridized carbons (Fsp3) is 0.556. The number of amides is 1. The summed E-state index contributed by atoms with van der Waals surface area (Å²) < 4.78 is 50.6. The summed E-state index contributed by atoms with van der Waals surface area (Å²) >= 11 is 0. The number of para-hydroxylation sites is 1. The summed E-state index contributed by atoms with van der Waals surface area (Å²) in [4.78, 5) is 31.3. The molecule has 7 nitrogen and oxygen atoms in total. The maximum absolute atomic E-state index is 13.2. The number of aromatic amines is 1. The van der Waals surface area contributed by atoms with E-state index in [-0.39, 0.29) is 12.5 Å². The van der Waals surface area contributed by atoms with Gasteiger partial charge in [-0.3, -0.25) is 9.69 Å². The lowest BCUT2D eigenvalue weighted by atomic mass is 9.69. The largest absolute Gasteiger partial charge is 0.493 e. The number of piperidine rings is 2. The van der Waals surface area contributed by atoms with Gasteiger partial charge >= 0.3 is 12.1 Å². The van der Waals surface area contributed by atoms with Crippen LogP contribution in [-0.2, 0) is 16.1 Å². The monoisotopic (exact) mass is 521 g/mol. The van der Waals surface area contributed by atoms with Crippen molar-refractivity contribution >= 4 is 11.9 Å². The van der Waals surface area contributed by atoms with Gasteiger partial charge < -0.3 is 19.4 Å². The molecule has 1 unspecified atom stereocenters. The molecule has 1 aromatic carbocycles. The first-order chi connectivity index (χ1) is 17.6. The summed E-state index contributed by atoms with van der Waals surface area (Å²) in [6, 6.07) is 9.33. The molecule has 37 heavy (non-hydrogen) atoms. The SMILES string of the molecule is CC(C)COc1ccccc1CN1CCC2(CCN(C(=O)c3cc[nH]c3)CC2)C(OC(=O)C(F)(F)F)C1. The zero-order valence-corrected chi connectivity index (χ0v) is 21.2. The highest BCUT2D eigenvalue weighted by atomic mass is 19.4. The average Bonchev–Trinajstić information content (AvgIpc) is 3.40. The Morgan fingerprint density at radius 3 is 2.46 bits per heavy atom. The molecule has 4 rings (SSSR count). The van der Waals surface area contributed by atoms with E-state index in [4.69, 9.17) is 9.47 Å². The molecule has 1 aromatic heterocycles. The molecule has 202 valence electrons. The summed E-state index contributed by atoms with van der Waals surface area (Å²) in [6.45, 7) is 6.78. The Bertz CT molecular complexity index is 1060. The lowest BCUT2D eigenvalue weighted by Crippen LogP contribution is -2.57. The Kier molecular flexibility index (Phi) is 8.16. The van der Waals surface area contributed by atoms with E-state index in [9.17, 15) is 22.8 Å². The van der Waals surface area contributed by atoms with Crippen LogP contribution >= 0.6 is 0 Å². The third-order valence-electron chi connectivity index (χ3n) is 7.34. The summed E-state index contributed by atoms with van der Waals surface area (Å²) in [5, 5.41) is 0. The number of rotatable bonds is 7. The Hall–Kier alpha value is -3.01. The minimum atomic E-state index is -5.06. The molecule has 1 spiro atoms. The van der Waals surface area contributed by atoms with Gasteiger partial charge in [0.05, 0.1) is 12.2 Å². The highest BCUT2D eigenvalue weighted by molar-refractivity contribution is 5.94. The molecule has 0 bridgehead atoms. The van der Waals surface area contributed by atoms with Gasteiger partial charge in [0.2, 0.25) is 0 Å². The van der Waals surface area contributed by atoms with Crippen molar-refractivity contribution < 1.29 is 32.2 Å². The van der Waals surface area contributed by atoms with Gasteiger partial charge in [-0.25, -0.2) is 4.79 Å². The van der Waals surface area contributed by atoms with Crippen molar-refractivity contribution in [3.63, 3.8) is 0 Å². The molecule has 1 N–H and O–H groups in total. The van der Waals surface area contributed by atoms with Crippen LogP contribution in [0, 0.1) is 11.3 Å². The van der Waals surface area contributed by atoms with E-state index in [2.05, 4.69) is 18.8 Å². The van der Waals surface area contributed by atoms with Crippen molar-refractivity contribution in [3.05, 3.63) is 53.9 Å². The van der Waals surface area contributed by atoms with Crippen LogP contribution in [0.5, 0.6) is 5.75 Å². The first-order valence-electron chi connectivity index (χ1n) is 12.7. The van der Waals surface area contributed by atoms with E-state index in [1.54, 1.807) is 23.4 Å². The zero-order valence-electron chi connectivity index (χ0n) is 21.2. The van der Waals surface area contributed by atoms with Crippen molar-refractivity contribution in [2.45, 2.75) is 51.9 Å². The number of H-pyrrole nitrogens is 1. The summed E-state index contributed by atoms with van der Waals surface area (Å²) in [6.07, 6.45) is -1.17. The van der Waals surface area contributed by atoms with Gasteiger partial charge in [-0.15, -0.1) is 0 Å². The highest BCUT2D eigenvalue weighted by Crippen LogP contribution is 2.44. The van der Waals surface area contributed by atoms with E-state index < -0.39 is 23.7 Å². The number of halogens is 3. The number of likely N-dealkylation sites (tertiary alicyclic amines) is 2. The normalized spacial score (nSPS) is 20.3. The second kappa shape index (κ2) is 11.2. The van der Waals surface area contributed by atoms with Crippen LogP contribution in [0.25, 0.3) is 0 Å². The van der Waals surface area contributed by atoms with Crippen molar-refractivity contribution in [2.24, 2.45) is 11.3 Å². The minimum absolute atomic E-state index is 0.115. The Balaban J connectivity index is 1.47. The lowest BCUT2D eigenvalue weighted by Gasteiger charge is -2.51. The summed E-state index contributed by atoms with van der Waals surface area (Å²) in [5.74, 6) is -1.18. The van der Waals surface area contributed by atoms with E-state index in [0.29, 0.717) is 63.5 Å². The molecule has 2 aromatic rings. The number of hydrogen-bond donors (Lipinski definition) is 1. The maximum Gasteiger partial charge on any atom is 0.490 e. The van der Waals surface area contributed by atoms with Crippen LogP contribution in [0.4, 0.5) is 13.2 Å². The number of esters is 1. The third-order valence-corrected chi connectivity index (χ3v) is 7.34. The standard InChI is InChI=1S/C27H34F3N3O4/c1-19(2)18-36-22-6-4-3-5-21(22)16-32-12-8-26(23(17-32)37-25(35)27(28,29)30)9-13-33(14-10-26)24(34)20-7-11-31-15-20/h3-7,11,15,19,23,31H,8-10,12-14,16-18H2,1-2H3. The number of benzene rings is 1. The van der Waals surface area contributed by atoms with Gasteiger partial charge in [-0.1, -0.05) is 32.0 Å². The van der Waals surface area contributed by atoms with Gasteiger partial charge in [0.25, 0.3) is 5.91 Å². The first kappa shape index (κ1) is 27.0. The number of carbonyl (C=O) groups is 2. The van der Waals surface area contributed by atoms with Crippen molar-refractivity contribution in [2.75, 3.05) is 32.8 Å². The molecule has 0 radical (unpaired) electrons. The van der Waals surface area contributed by atoms with Gasteiger partial charge in [0.1, 0.15) is 11.9 Å². The van der Waals surface area contributed by atoms with Crippen LogP contribution in [0.15, 0.2) is 42.7 Å². The molecule has 3 heterocycles. The molecular weight excluding hydrogens is 487 g/mol. The molecule has 1 amide bonds. The minimum Gasteiger partial charge on any atom is -0.493 e. The Morgan fingerprint density at radius 1 is 1.11 bits per heavy atom. The second-order valence-electron chi connectivity index (χ2n) is 10.4.